The summed E-state index contributed by atoms with van der Waals surface area (Å²) in [5.74, 6) is 0.924. The molecule has 1 fully saturated rings. The van der Waals surface area contributed by atoms with E-state index in [0.29, 0.717) is 41.6 Å². The summed E-state index contributed by atoms with van der Waals surface area (Å²) in [4.78, 5) is 13.1. The highest BCUT2D eigenvalue weighted by molar-refractivity contribution is 5.60. The molecule has 0 atom stereocenters. The van der Waals surface area contributed by atoms with Gasteiger partial charge in [0.2, 0.25) is 5.82 Å². The third-order valence-electron chi connectivity index (χ3n) is 5.30. The SMILES string of the molecule is Fc1cccc(-c2noc(-c3ccc(N4CCN(c5ccccc5F)CC4)nc3)n2)c1. The summed E-state index contributed by atoms with van der Waals surface area (Å²) in [7, 11) is 0. The van der Waals surface area contributed by atoms with Crippen LogP contribution >= 0.6 is 0 Å². The standard InChI is InChI=1S/C23H19F2N5O/c24-18-5-3-4-16(14-18)22-27-23(31-28-22)17-8-9-21(26-15-17)30-12-10-29(11-13-30)20-7-2-1-6-19(20)25/h1-9,14-15H,10-13H2. The Morgan fingerprint density at radius 1 is 0.806 bits per heavy atom. The van der Waals surface area contributed by atoms with E-state index in [9.17, 15) is 8.78 Å². The molecule has 0 amide bonds. The average molecular weight is 419 g/mol. The molecular formula is C23H19F2N5O. The van der Waals surface area contributed by atoms with E-state index in [-0.39, 0.29) is 11.6 Å². The number of halogens is 2. The first-order chi connectivity index (χ1) is 15.2. The largest absolute Gasteiger partial charge is 0.366 e. The highest BCUT2D eigenvalue weighted by Crippen LogP contribution is 2.25. The van der Waals surface area contributed by atoms with Gasteiger partial charge in [-0.1, -0.05) is 29.4 Å². The number of hydrogen-bond donors (Lipinski definition) is 0. The van der Waals surface area contributed by atoms with Crippen molar-refractivity contribution in [3.8, 4) is 22.8 Å². The van der Waals surface area contributed by atoms with Crippen LogP contribution in [-0.2, 0) is 0 Å². The highest BCUT2D eigenvalue weighted by Gasteiger charge is 2.20. The number of hydrogen-bond acceptors (Lipinski definition) is 6. The molecule has 5 rings (SSSR count). The van der Waals surface area contributed by atoms with Crippen molar-refractivity contribution in [3.05, 3.63) is 78.5 Å². The summed E-state index contributed by atoms with van der Waals surface area (Å²) in [5.41, 5.74) is 1.87. The van der Waals surface area contributed by atoms with Crippen molar-refractivity contribution in [1.29, 1.82) is 0 Å². The third-order valence-corrected chi connectivity index (χ3v) is 5.30. The van der Waals surface area contributed by atoms with Crippen molar-refractivity contribution in [3.63, 3.8) is 0 Å². The van der Waals surface area contributed by atoms with E-state index in [2.05, 4.69) is 20.0 Å². The van der Waals surface area contributed by atoms with Crippen LogP contribution in [0.25, 0.3) is 22.8 Å². The number of aromatic nitrogens is 3. The zero-order chi connectivity index (χ0) is 21.2. The van der Waals surface area contributed by atoms with Crippen LogP contribution in [0.15, 0.2) is 71.4 Å². The fraction of sp³-hybridized carbons (Fsp3) is 0.174. The Kier molecular flexibility index (Phi) is 5.03. The Balaban J connectivity index is 1.26. The molecule has 6 nitrogen and oxygen atoms in total. The second-order valence-electron chi connectivity index (χ2n) is 7.26. The molecule has 8 heteroatoms. The van der Waals surface area contributed by atoms with Gasteiger partial charge in [0.25, 0.3) is 5.89 Å². The van der Waals surface area contributed by atoms with Gasteiger partial charge in [-0.15, -0.1) is 0 Å². The minimum absolute atomic E-state index is 0.199. The Labute approximate surface area is 177 Å². The topological polar surface area (TPSA) is 58.3 Å². The summed E-state index contributed by atoms with van der Waals surface area (Å²) in [6.07, 6.45) is 1.68. The molecule has 1 aliphatic rings. The maximum absolute atomic E-state index is 14.0. The first kappa shape index (κ1) is 19.2. The van der Waals surface area contributed by atoms with Gasteiger partial charge in [0, 0.05) is 37.9 Å². The molecule has 0 unspecified atom stereocenters. The second-order valence-corrected chi connectivity index (χ2v) is 7.26. The zero-order valence-corrected chi connectivity index (χ0v) is 16.6. The van der Waals surface area contributed by atoms with E-state index in [1.807, 2.05) is 23.1 Å². The first-order valence-corrected chi connectivity index (χ1v) is 9.98. The van der Waals surface area contributed by atoms with Gasteiger partial charge < -0.3 is 14.3 Å². The number of piperazine rings is 1. The lowest BCUT2D eigenvalue weighted by Crippen LogP contribution is -2.47. The molecule has 0 radical (unpaired) electrons. The zero-order valence-electron chi connectivity index (χ0n) is 16.6. The van der Waals surface area contributed by atoms with Crippen molar-refractivity contribution >= 4 is 11.5 Å². The molecule has 4 aromatic rings. The summed E-state index contributed by atoms with van der Waals surface area (Å²) < 4.78 is 32.8. The Morgan fingerprint density at radius 2 is 1.61 bits per heavy atom. The molecule has 2 aromatic heterocycles. The van der Waals surface area contributed by atoms with Crippen molar-refractivity contribution in [2.75, 3.05) is 36.0 Å². The van der Waals surface area contributed by atoms with E-state index in [1.165, 1.54) is 18.2 Å². The van der Waals surface area contributed by atoms with E-state index in [0.717, 1.165) is 18.9 Å². The molecule has 0 spiro atoms. The number of nitrogens with zero attached hydrogens (tertiary/aromatic N) is 5. The van der Waals surface area contributed by atoms with Crippen molar-refractivity contribution in [2.45, 2.75) is 0 Å². The molecule has 0 saturated carbocycles. The molecular weight excluding hydrogens is 400 g/mol. The van der Waals surface area contributed by atoms with Crippen molar-refractivity contribution in [1.82, 2.24) is 15.1 Å². The highest BCUT2D eigenvalue weighted by atomic mass is 19.1. The molecule has 3 heterocycles. The summed E-state index contributed by atoms with van der Waals surface area (Å²) in [6, 6.07) is 16.7. The predicted molar refractivity (Wildman–Crippen MR) is 114 cm³/mol. The Hall–Kier alpha value is -3.81. The van der Waals surface area contributed by atoms with Crippen LogP contribution in [0, 0.1) is 11.6 Å². The number of anilines is 2. The summed E-state index contributed by atoms with van der Waals surface area (Å²) in [5, 5.41) is 3.93. The molecule has 0 aliphatic carbocycles. The molecule has 31 heavy (non-hydrogen) atoms. The van der Waals surface area contributed by atoms with Gasteiger partial charge in [-0.05, 0) is 36.4 Å². The molecule has 1 saturated heterocycles. The van der Waals surface area contributed by atoms with Crippen LogP contribution in [0.4, 0.5) is 20.3 Å². The molecule has 1 aliphatic heterocycles. The van der Waals surface area contributed by atoms with E-state index < -0.39 is 0 Å². The Morgan fingerprint density at radius 3 is 2.35 bits per heavy atom. The molecule has 2 aromatic carbocycles. The number of benzene rings is 2. The maximum Gasteiger partial charge on any atom is 0.259 e. The minimum atomic E-state index is -0.357. The molecule has 0 bridgehead atoms. The Bertz CT molecular complexity index is 1190. The van der Waals surface area contributed by atoms with Crippen LogP contribution in [-0.4, -0.2) is 41.3 Å². The van der Waals surface area contributed by atoms with Gasteiger partial charge >= 0.3 is 0 Å². The van der Waals surface area contributed by atoms with Crippen LogP contribution in [0.1, 0.15) is 0 Å². The lowest BCUT2D eigenvalue weighted by Gasteiger charge is -2.36. The second kappa shape index (κ2) is 8.14. The van der Waals surface area contributed by atoms with Crippen LogP contribution in [0.5, 0.6) is 0 Å². The fourth-order valence-electron chi connectivity index (χ4n) is 3.67. The van der Waals surface area contributed by atoms with E-state index in [4.69, 9.17) is 4.52 Å². The van der Waals surface area contributed by atoms with Crippen molar-refractivity contribution < 1.29 is 13.3 Å². The number of para-hydroxylation sites is 1. The lowest BCUT2D eigenvalue weighted by atomic mass is 10.2. The van der Waals surface area contributed by atoms with E-state index in [1.54, 1.807) is 30.5 Å². The first-order valence-electron chi connectivity index (χ1n) is 9.98. The van der Waals surface area contributed by atoms with Gasteiger partial charge in [-0.25, -0.2) is 13.8 Å². The molecule has 0 N–H and O–H groups in total. The normalized spacial score (nSPS) is 14.1. The van der Waals surface area contributed by atoms with E-state index >= 15 is 0 Å². The lowest BCUT2D eigenvalue weighted by molar-refractivity contribution is 0.432. The number of rotatable bonds is 4. The third kappa shape index (κ3) is 3.96. The summed E-state index contributed by atoms with van der Waals surface area (Å²) >= 11 is 0. The number of pyridine rings is 1. The summed E-state index contributed by atoms with van der Waals surface area (Å²) in [6.45, 7) is 2.91. The van der Waals surface area contributed by atoms with Gasteiger partial charge in [0.15, 0.2) is 0 Å². The fourth-order valence-corrected chi connectivity index (χ4v) is 3.67. The molecule has 156 valence electrons. The smallest absolute Gasteiger partial charge is 0.259 e. The van der Waals surface area contributed by atoms with Gasteiger partial charge in [-0.2, -0.15) is 4.98 Å². The van der Waals surface area contributed by atoms with Crippen LogP contribution < -0.4 is 9.80 Å². The average Bonchev–Trinajstić information content (AvgIpc) is 3.30. The van der Waals surface area contributed by atoms with Gasteiger partial charge in [0.05, 0.1) is 11.3 Å². The van der Waals surface area contributed by atoms with Crippen LogP contribution in [0.2, 0.25) is 0 Å². The minimum Gasteiger partial charge on any atom is -0.366 e. The monoisotopic (exact) mass is 419 g/mol. The van der Waals surface area contributed by atoms with Gasteiger partial charge in [-0.3, -0.25) is 0 Å². The van der Waals surface area contributed by atoms with Crippen LogP contribution in [0.3, 0.4) is 0 Å². The van der Waals surface area contributed by atoms with Gasteiger partial charge in [0.1, 0.15) is 17.5 Å². The quantitative estimate of drug-likeness (QED) is 0.489. The van der Waals surface area contributed by atoms with Crippen molar-refractivity contribution in [2.24, 2.45) is 0 Å². The maximum atomic E-state index is 14.0. The predicted octanol–water partition coefficient (Wildman–Crippen LogP) is 4.40.